The SMILES string of the molecule is CCC(=O)NC(Cc1ccc(NC(=O)CNC(=O)C2(c3ccccc3)CC2)c(F)c1)C(=O)N1CCN(C)CC1. The lowest BCUT2D eigenvalue weighted by Gasteiger charge is -2.34. The van der Waals surface area contributed by atoms with E-state index < -0.39 is 23.2 Å². The summed E-state index contributed by atoms with van der Waals surface area (Å²) in [5, 5.41) is 7.94. The van der Waals surface area contributed by atoms with Crippen molar-refractivity contribution < 1.29 is 23.6 Å². The maximum atomic E-state index is 14.9. The van der Waals surface area contributed by atoms with E-state index in [1.807, 2.05) is 37.4 Å². The summed E-state index contributed by atoms with van der Waals surface area (Å²) >= 11 is 0. The lowest BCUT2D eigenvalue weighted by molar-refractivity contribution is -0.137. The summed E-state index contributed by atoms with van der Waals surface area (Å²) in [4.78, 5) is 54.3. The number of piperazine rings is 1. The first-order valence-electron chi connectivity index (χ1n) is 13.4. The van der Waals surface area contributed by atoms with Crippen LogP contribution in [0.1, 0.15) is 37.3 Å². The van der Waals surface area contributed by atoms with Gasteiger partial charge in [-0.3, -0.25) is 19.2 Å². The summed E-state index contributed by atoms with van der Waals surface area (Å²) in [5.41, 5.74) is 0.812. The fourth-order valence-electron chi connectivity index (χ4n) is 4.82. The van der Waals surface area contributed by atoms with Gasteiger partial charge in [0.1, 0.15) is 11.9 Å². The molecular weight excluding hydrogens is 501 g/mol. The van der Waals surface area contributed by atoms with Crippen LogP contribution in [0.4, 0.5) is 10.1 Å². The molecule has 0 bridgehead atoms. The van der Waals surface area contributed by atoms with Crippen LogP contribution in [-0.4, -0.2) is 79.2 Å². The number of carbonyl (C=O) groups excluding carboxylic acids is 4. The molecule has 4 amide bonds. The molecule has 3 N–H and O–H groups in total. The predicted molar refractivity (Wildman–Crippen MR) is 145 cm³/mol. The van der Waals surface area contributed by atoms with Crippen molar-refractivity contribution in [2.24, 2.45) is 0 Å². The molecule has 0 radical (unpaired) electrons. The van der Waals surface area contributed by atoms with Crippen LogP contribution < -0.4 is 16.0 Å². The second-order valence-corrected chi connectivity index (χ2v) is 10.3. The summed E-state index contributed by atoms with van der Waals surface area (Å²) in [7, 11) is 1.99. The predicted octanol–water partition coefficient (Wildman–Crippen LogP) is 1.82. The third-order valence-electron chi connectivity index (χ3n) is 7.44. The normalized spacial score (nSPS) is 17.2. The molecule has 1 unspecified atom stereocenters. The Morgan fingerprint density at radius 1 is 0.974 bits per heavy atom. The van der Waals surface area contributed by atoms with Crippen molar-refractivity contribution in [1.29, 1.82) is 0 Å². The number of hydrogen-bond acceptors (Lipinski definition) is 5. The van der Waals surface area contributed by atoms with Gasteiger partial charge in [0.05, 0.1) is 17.6 Å². The maximum absolute atomic E-state index is 14.9. The Kier molecular flexibility index (Phi) is 8.96. The molecule has 39 heavy (non-hydrogen) atoms. The standard InChI is InChI=1S/C29H36FN5O4/c1-3-25(36)33-24(27(38)35-15-13-34(2)14-16-35)18-20-9-10-23(22(30)17-20)32-26(37)19-31-28(39)29(11-12-29)21-7-5-4-6-8-21/h4-10,17,24H,3,11-16,18-19H2,1-2H3,(H,31,39)(H,32,37)(H,33,36). The lowest BCUT2D eigenvalue weighted by atomic mass is 9.95. The van der Waals surface area contributed by atoms with Gasteiger partial charge in [-0.15, -0.1) is 0 Å². The van der Waals surface area contributed by atoms with E-state index in [2.05, 4.69) is 20.9 Å². The first-order valence-corrected chi connectivity index (χ1v) is 13.4. The van der Waals surface area contributed by atoms with Crippen LogP contribution in [0, 0.1) is 5.82 Å². The Balaban J connectivity index is 1.34. The van der Waals surface area contributed by atoms with Crippen molar-refractivity contribution in [3.63, 3.8) is 0 Å². The highest BCUT2D eigenvalue weighted by Crippen LogP contribution is 2.48. The number of carbonyl (C=O) groups is 4. The fraction of sp³-hybridized carbons (Fsp3) is 0.448. The molecule has 0 spiro atoms. The number of benzene rings is 2. The van der Waals surface area contributed by atoms with Gasteiger partial charge in [-0.1, -0.05) is 43.3 Å². The molecule has 1 heterocycles. The average Bonchev–Trinajstić information content (AvgIpc) is 3.75. The van der Waals surface area contributed by atoms with Crippen molar-refractivity contribution in [1.82, 2.24) is 20.4 Å². The van der Waals surface area contributed by atoms with E-state index in [4.69, 9.17) is 0 Å². The third kappa shape index (κ3) is 7.00. The molecule has 2 aromatic carbocycles. The van der Waals surface area contributed by atoms with Crippen molar-refractivity contribution in [2.75, 3.05) is 45.1 Å². The number of nitrogens with one attached hydrogen (secondary N) is 3. The molecule has 1 aliphatic carbocycles. The van der Waals surface area contributed by atoms with Crippen molar-refractivity contribution in [3.05, 3.63) is 65.5 Å². The van der Waals surface area contributed by atoms with Gasteiger partial charge in [0.25, 0.3) is 0 Å². The Hall–Kier alpha value is -3.79. The monoisotopic (exact) mass is 537 g/mol. The van der Waals surface area contributed by atoms with Crippen LogP contribution >= 0.6 is 0 Å². The Bertz CT molecular complexity index is 1210. The van der Waals surface area contributed by atoms with Gasteiger partial charge in [0.2, 0.25) is 23.6 Å². The fourth-order valence-corrected chi connectivity index (χ4v) is 4.82. The minimum atomic E-state index is -0.810. The van der Waals surface area contributed by atoms with Crippen molar-refractivity contribution in [3.8, 4) is 0 Å². The molecule has 1 atom stereocenters. The molecule has 1 saturated carbocycles. The van der Waals surface area contributed by atoms with Crippen LogP contribution in [0.15, 0.2) is 48.5 Å². The van der Waals surface area contributed by atoms with E-state index in [-0.39, 0.29) is 42.8 Å². The Morgan fingerprint density at radius 2 is 1.67 bits per heavy atom. The first kappa shape index (κ1) is 28.2. The molecular formula is C29H36FN5O4. The van der Waals surface area contributed by atoms with Gasteiger partial charge in [0.15, 0.2) is 0 Å². The van der Waals surface area contributed by atoms with Gasteiger partial charge >= 0.3 is 0 Å². The Labute approximate surface area is 228 Å². The minimum absolute atomic E-state index is 0.0262. The van der Waals surface area contributed by atoms with E-state index in [0.29, 0.717) is 18.7 Å². The molecule has 1 aliphatic heterocycles. The number of nitrogens with zero attached hydrogens (tertiary/aromatic N) is 2. The zero-order valence-electron chi connectivity index (χ0n) is 22.5. The number of amides is 4. The minimum Gasteiger partial charge on any atom is -0.346 e. The second kappa shape index (κ2) is 12.4. The quantitative estimate of drug-likeness (QED) is 0.428. The van der Waals surface area contributed by atoms with Gasteiger partial charge in [0, 0.05) is 39.0 Å². The van der Waals surface area contributed by atoms with Gasteiger partial charge in [-0.25, -0.2) is 4.39 Å². The van der Waals surface area contributed by atoms with Crippen molar-refractivity contribution in [2.45, 2.75) is 44.1 Å². The van der Waals surface area contributed by atoms with Crippen molar-refractivity contribution >= 4 is 29.3 Å². The maximum Gasteiger partial charge on any atom is 0.245 e. The Morgan fingerprint density at radius 3 is 2.28 bits per heavy atom. The summed E-state index contributed by atoms with van der Waals surface area (Å²) < 4.78 is 14.9. The number of rotatable bonds is 10. The van der Waals surface area contributed by atoms with Crippen LogP contribution in [0.3, 0.4) is 0 Å². The summed E-state index contributed by atoms with van der Waals surface area (Å²) in [6.07, 6.45) is 1.80. The average molecular weight is 538 g/mol. The molecule has 2 aliphatic rings. The van der Waals surface area contributed by atoms with Crippen LogP contribution in [0.25, 0.3) is 0 Å². The van der Waals surface area contributed by atoms with E-state index in [0.717, 1.165) is 31.5 Å². The van der Waals surface area contributed by atoms with E-state index in [1.165, 1.54) is 12.1 Å². The molecule has 1 saturated heterocycles. The smallest absolute Gasteiger partial charge is 0.245 e. The molecule has 10 heteroatoms. The number of hydrogen-bond donors (Lipinski definition) is 3. The van der Waals surface area contributed by atoms with E-state index >= 15 is 0 Å². The number of likely N-dealkylation sites (N-methyl/N-ethyl adjacent to an activating group) is 1. The number of halogens is 1. The number of anilines is 1. The lowest BCUT2D eigenvalue weighted by Crippen LogP contribution is -2.54. The molecule has 2 fully saturated rings. The largest absolute Gasteiger partial charge is 0.346 e. The summed E-state index contributed by atoms with van der Waals surface area (Å²) in [6, 6.07) is 12.9. The third-order valence-corrected chi connectivity index (χ3v) is 7.44. The topological polar surface area (TPSA) is 111 Å². The van der Waals surface area contributed by atoms with E-state index in [9.17, 15) is 23.6 Å². The zero-order chi connectivity index (χ0) is 28.0. The van der Waals surface area contributed by atoms with Gasteiger partial charge < -0.3 is 25.8 Å². The second-order valence-electron chi connectivity index (χ2n) is 10.3. The van der Waals surface area contributed by atoms with Crippen LogP contribution in [0.5, 0.6) is 0 Å². The molecule has 4 rings (SSSR count). The highest BCUT2D eigenvalue weighted by molar-refractivity contribution is 5.97. The first-order chi connectivity index (χ1) is 18.7. The highest BCUT2D eigenvalue weighted by atomic mass is 19.1. The van der Waals surface area contributed by atoms with E-state index in [1.54, 1.807) is 17.9 Å². The van der Waals surface area contributed by atoms with Gasteiger partial charge in [-0.2, -0.15) is 0 Å². The highest BCUT2D eigenvalue weighted by Gasteiger charge is 2.51. The molecule has 9 nitrogen and oxygen atoms in total. The summed E-state index contributed by atoms with van der Waals surface area (Å²) in [5.74, 6) is -1.87. The van der Waals surface area contributed by atoms with Gasteiger partial charge in [-0.05, 0) is 43.1 Å². The zero-order valence-corrected chi connectivity index (χ0v) is 22.5. The van der Waals surface area contributed by atoms with Crippen LogP contribution in [0.2, 0.25) is 0 Å². The van der Waals surface area contributed by atoms with Crippen LogP contribution in [-0.2, 0) is 31.0 Å². The molecule has 2 aromatic rings. The molecule has 208 valence electrons. The molecule has 0 aromatic heterocycles. The summed E-state index contributed by atoms with van der Waals surface area (Å²) in [6.45, 7) is 4.05.